The first-order chi connectivity index (χ1) is 6.75. The molecule has 1 aliphatic heterocycles. The van der Waals surface area contributed by atoms with Crippen molar-refractivity contribution in [3.8, 4) is 0 Å². The Morgan fingerprint density at radius 1 is 1.21 bits per heavy atom. The van der Waals surface area contributed by atoms with E-state index in [0.29, 0.717) is 5.92 Å². The number of hydrogen-bond donors (Lipinski definition) is 0. The average Bonchev–Trinajstić information content (AvgIpc) is 2.23. The van der Waals surface area contributed by atoms with Gasteiger partial charge in [-0.25, -0.2) is 0 Å². The molecule has 84 valence electrons. The van der Waals surface area contributed by atoms with Crippen molar-refractivity contribution in [3.63, 3.8) is 0 Å². The van der Waals surface area contributed by atoms with Crippen molar-refractivity contribution in [2.24, 2.45) is 5.92 Å². The Balaban J connectivity index is 0.000000791. The van der Waals surface area contributed by atoms with Gasteiger partial charge < -0.3 is 9.64 Å². The second-order valence-electron chi connectivity index (χ2n) is 3.47. The minimum absolute atomic E-state index is 0.632. The van der Waals surface area contributed by atoms with E-state index >= 15 is 0 Å². The third-order valence-electron chi connectivity index (χ3n) is 2.26. The molecule has 0 radical (unpaired) electrons. The summed E-state index contributed by atoms with van der Waals surface area (Å²) in [7, 11) is 0. The summed E-state index contributed by atoms with van der Waals surface area (Å²) in [4.78, 5) is 2.42. The predicted molar refractivity (Wildman–Crippen MR) is 62.3 cm³/mol. The highest BCUT2D eigenvalue weighted by Crippen LogP contribution is 2.16. The summed E-state index contributed by atoms with van der Waals surface area (Å²) in [5, 5.41) is 0. The predicted octanol–water partition coefficient (Wildman–Crippen LogP) is 2.90. The molecule has 0 saturated carbocycles. The Hall–Kier alpha value is -0.500. The summed E-state index contributed by atoms with van der Waals surface area (Å²) in [5.74, 6) is 0.632. The quantitative estimate of drug-likeness (QED) is 0.678. The van der Waals surface area contributed by atoms with Gasteiger partial charge in [-0.2, -0.15) is 0 Å². The van der Waals surface area contributed by atoms with Gasteiger partial charge >= 0.3 is 0 Å². The second kappa shape index (κ2) is 7.86. The largest absolute Gasteiger partial charge is 0.378 e. The Kier molecular flexibility index (Phi) is 7.58. The van der Waals surface area contributed by atoms with Gasteiger partial charge in [0.1, 0.15) is 0 Å². The van der Waals surface area contributed by atoms with Crippen molar-refractivity contribution in [2.75, 3.05) is 26.3 Å². The van der Waals surface area contributed by atoms with Gasteiger partial charge in [-0.3, -0.25) is 0 Å². The molecule has 1 aliphatic rings. The lowest BCUT2D eigenvalue weighted by atomic mass is 10.1. The highest BCUT2D eigenvalue weighted by Gasteiger charge is 2.14. The van der Waals surface area contributed by atoms with Crippen LogP contribution in [-0.2, 0) is 4.74 Å². The Labute approximate surface area is 88.9 Å². The first kappa shape index (κ1) is 13.5. The van der Waals surface area contributed by atoms with Crippen LogP contribution in [-0.4, -0.2) is 31.2 Å². The van der Waals surface area contributed by atoms with Crippen LogP contribution < -0.4 is 0 Å². The van der Waals surface area contributed by atoms with Gasteiger partial charge in [-0.15, -0.1) is 0 Å². The lowest BCUT2D eigenvalue weighted by Gasteiger charge is -2.32. The summed E-state index contributed by atoms with van der Waals surface area (Å²) in [6.07, 6.45) is 2.22. The van der Waals surface area contributed by atoms with Crippen LogP contribution in [0.5, 0.6) is 0 Å². The van der Waals surface area contributed by atoms with Gasteiger partial charge in [0, 0.05) is 18.8 Å². The zero-order chi connectivity index (χ0) is 11.0. The van der Waals surface area contributed by atoms with Gasteiger partial charge in [0.15, 0.2) is 0 Å². The second-order valence-corrected chi connectivity index (χ2v) is 3.47. The molecule has 0 atom stereocenters. The molecule has 0 unspecified atom stereocenters. The molecular formula is C12H25NO. The molecule has 0 aliphatic carbocycles. The first-order valence-corrected chi connectivity index (χ1v) is 5.74. The van der Waals surface area contributed by atoms with Crippen molar-refractivity contribution < 1.29 is 4.74 Å². The lowest BCUT2D eigenvalue weighted by molar-refractivity contribution is 0.0495. The molecule has 0 amide bonds. The van der Waals surface area contributed by atoms with Crippen LogP contribution in [0.4, 0.5) is 0 Å². The van der Waals surface area contributed by atoms with Gasteiger partial charge in [-0.05, 0) is 12.8 Å². The average molecular weight is 199 g/mol. The Bertz CT molecular complexity index is 158. The fraction of sp³-hybridized carbons (Fsp3) is 0.833. The van der Waals surface area contributed by atoms with Gasteiger partial charge in [0.05, 0.1) is 13.2 Å². The van der Waals surface area contributed by atoms with Gasteiger partial charge in [0.2, 0.25) is 0 Å². The molecule has 1 saturated heterocycles. The number of morpholine rings is 1. The molecule has 0 spiro atoms. The number of ether oxygens (including phenoxy) is 1. The Morgan fingerprint density at radius 2 is 1.71 bits per heavy atom. The highest BCUT2D eigenvalue weighted by atomic mass is 16.5. The van der Waals surface area contributed by atoms with Crippen molar-refractivity contribution >= 4 is 0 Å². The van der Waals surface area contributed by atoms with Crippen molar-refractivity contribution in [3.05, 3.63) is 11.8 Å². The van der Waals surface area contributed by atoms with E-state index in [0.717, 1.165) is 26.3 Å². The lowest BCUT2D eigenvalue weighted by Crippen LogP contribution is -2.36. The maximum absolute atomic E-state index is 5.31. The standard InChI is InChI=1S/C10H19NO.C2H6/c1-4-10(9(2)3)11-5-7-12-8-6-11;1-2/h4,9H,5-8H2,1-3H3;1-2H3/b10-4+;. The highest BCUT2D eigenvalue weighted by molar-refractivity contribution is 5.03. The van der Waals surface area contributed by atoms with Crippen molar-refractivity contribution in [1.29, 1.82) is 0 Å². The van der Waals surface area contributed by atoms with E-state index in [4.69, 9.17) is 4.74 Å². The summed E-state index contributed by atoms with van der Waals surface area (Å²) in [5.41, 5.74) is 1.46. The van der Waals surface area contributed by atoms with Crippen LogP contribution in [0.2, 0.25) is 0 Å². The molecule has 0 aromatic carbocycles. The minimum atomic E-state index is 0.632. The van der Waals surface area contributed by atoms with Crippen LogP contribution >= 0.6 is 0 Å². The van der Waals surface area contributed by atoms with E-state index in [1.807, 2.05) is 13.8 Å². The number of allylic oxidation sites excluding steroid dienone is 2. The molecule has 0 bridgehead atoms. The third kappa shape index (κ3) is 4.14. The van der Waals surface area contributed by atoms with Gasteiger partial charge in [-0.1, -0.05) is 33.8 Å². The summed E-state index contributed by atoms with van der Waals surface area (Å²) >= 11 is 0. The number of rotatable bonds is 2. The molecule has 1 heterocycles. The van der Waals surface area contributed by atoms with Crippen LogP contribution in [0.15, 0.2) is 11.8 Å². The zero-order valence-corrected chi connectivity index (χ0v) is 10.3. The monoisotopic (exact) mass is 199 g/mol. The van der Waals surface area contributed by atoms with E-state index in [2.05, 4.69) is 31.7 Å². The molecule has 0 N–H and O–H groups in total. The third-order valence-corrected chi connectivity index (χ3v) is 2.26. The molecular weight excluding hydrogens is 174 g/mol. The number of hydrogen-bond acceptors (Lipinski definition) is 2. The van der Waals surface area contributed by atoms with Crippen molar-refractivity contribution in [1.82, 2.24) is 4.90 Å². The van der Waals surface area contributed by atoms with Crippen LogP contribution in [0.1, 0.15) is 34.6 Å². The normalized spacial score (nSPS) is 17.9. The fourth-order valence-corrected chi connectivity index (χ4v) is 1.70. The van der Waals surface area contributed by atoms with Crippen LogP contribution in [0.3, 0.4) is 0 Å². The maximum atomic E-state index is 5.31. The smallest absolute Gasteiger partial charge is 0.0642 e. The van der Waals surface area contributed by atoms with E-state index in [-0.39, 0.29) is 0 Å². The molecule has 14 heavy (non-hydrogen) atoms. The van der Waals surface area contributed by atoms with Gasteiger partial charge in [0.25, 0.3) is 0 Å². The van der Waals surface area contributed by atoms with E-state index in [9.17, 15) is 0 Å². The SMILES string of the molecule is C/C=C(\C(C)C)N1CCOCC1.CC. The number of nitrogens with zero attached hydrogens (tertiary/aromatic N) is 1. The molecule has 0 aromatic rings. The fourth-order valence-electron chi connectivity index (χ4n) is 1.70. The van der Waals surface area contributed by atoms with Crippen molar-refractivity contribution in [2.45, 2.75) is 34.6 Å². The van der Waals surface area contributed by atoms with E-state index < -0.39 is 0 Å². The molecule has 2 heteroatoms. The summed E-state index contributed by atoms with van der Waals surface area (Å²) < 4.78 is 5.31. The minimum Gasteiger partial charge on any atom is -0.378 e. The van der Waals surface area contributed by atoms with E-state index in [1.165, 1.54) is 5.70 Å². The summed E-state index contributed by atoms with van der Waals surface area (Å²) in [6, 6.07) is 0. The molecule has 1 fully saturated rings. The molecule has 2 nitrogen and oxygen atoms in total. The maximum Gasteiger partial charge on any atom is 0.0642 e. The Morgan fingerprint density at radius 3 is 2.07 bits per heavy atom. The van der Waals surface area contributed by atoms with Crippen LogP contribution in [0, 0.1) is 5.92 Å². The topological polar surface area (TPSA) is 12.5 Å². The molecule has 0 aromatic heterocycles. The first-order valence-electron chi connectivity index (χ1n) is 5.74. The molecule has 1 rings (SSSR count). The van der Waals surface area contributed by atoms with Crippen LogP contribution in [0.25, 0.3) is 0 Å². The van der Waals surface area contributed by atoms with E-state index in [1.54, 1.807) is 0 Å². The summed E-state index contributed by atoms with van der Waals surface area (Å²) in [6.45, 7) is 14.5. The zero-order valence-electron chi connectivity index (χ0n) is 10.3.